The third kappa shape index (κ3) is 3.28. The number of tetrazole rings is 1. The van der Waals surface area contributed by atoms with E-state index in [0.29, 0.717) is 18.3 Å². The van der Waals surface area contributed by atoms with Gasteiger partial charge in [0.15, 0.2) is 5.82 Å². The molecule has 106 valence electrons. The fourth-order valence-electron chi connectivity index (χ4n) is 2.44. The first kappa shape index (κ1) is 13.9. The molecule has 1 aromatic rings. The Balaban J connectivity index is 1.92. The molecule has 2 heterocycles. The number of nitrogens with one attached hydrogen (secondary N) is 1. The largest absolute Gasteiger partial charge is 0.377 e. The molecule has 1 amide bonds. The lowest BCUT2D eigenvalue weighted by molar-refractivity contribution is -0.137. The zero-order valence-electron chi connectivity index (χ0n) is 11.7. The van der Waals surface area contributed by atoms with Gasteiger partial charge >= 0.3 is 0 Å². The van der Waals surface area contributed by atoms with Crippen molar-refractivity contribution in [3.63, 3.8) is 0 Å². The fourth-order valence-corrected chi connectivity index (χ4v) is 2.44. The summed E-state index contributed by atoms with van der Waals surface area (Å²) in [5.74, 6) is 0.940. The lowest BCUT2D eigenvalue weighted by Gasteiger charge is -2.33. The van der Waals surface area contributed by atoms with Gasteiger partial charge in [0.1, 0.15) is 0 Å². The number of aromatic nitrogens is 4. The average molecular weight is 267 g/mol. The Morgan fingerprint density at radius 2 is 2.37 bits per heavy atom. The van der Waals surface area contributed by atoms with Gasteiger partial charge in [0.2, 0.25) is 5.91 Å². The lowest BCUT2D eigenvalue weighted by Crippen LogP contribution is -2.43. The molecule has 0 spiro atoms. The summed E-state index contributed by atoms with van der Waals surface area (Å²) < 4.78 is 7.28. The predicted octanol–water partition coefficient (Wildman–Crippen LogP) is 0.278. The number of amides is 1. The van der Waals surface area contributed by atoms with Crippen molar-refractivity contribution >= 4 is 5.91 Å². The van der Waals surface area contributed by atoms with Gasteiger partial charge in [-0.3, -0.25) is 4.79 Å². The van der Waals surface area contributed by atoms with Crippen LogP contribution in [0.3, 0.4) is 0 Å². The number of rotatable bonds is 4. The highest BCUT2D eigenvalue weighted by Crippen LogP contribution is 2.26. The van der Waals surface area contributed by atoms with Gasteiger partial charge in [0.05, 0.1) is 18.6 Å². The third-order valence-electron chi connectivity index (χ3n) is 3.49. The number of hydrogen-bond donors (Lipinski definition) is 1. The molecule has 0 aliphatic carbocycles. The minimum atomic E-state index is -0.0741. The molecule has 0 radical (unpaired) electrons. The minimum Gasteiger partial charge on any atom is -0.377 e. The maximum absolute atomic E-state index is 12.3. The van der Waals surface area contributed by atoms with Crippen molar-refractivity contribution in [2.24, 2.45) is 18.9 Å². The molecule has 0 saturated carbocycles. The molecule has 7 heteroatoms. The first-order chi connectivity index (χ1) is 9.09. The summed E-state index contributed by atoms with van der Waals surface area (Å²) >= 11 is 0. The molecule has 2 unspecified atom stereocenters. The summed E-state index contributed by atoms with van der Waals surface area (Å²) in [5, 5.41) is 14.0. The van der Waals surface area contributed by atoms with Gasteiger partial charge in [0.25, 0.3) is 0 Å². The Morgan fingerprint density at radius 1 is 1.58 bits per heavy atom. The van der Waals surface area contributed by atoms with E-state index in [1.165, 1.54) is 0 Å². The molecular weight excluding hydrogens is 246 g/mol. The highest BCUT2D eigenvalue weighted by atomic mass is 16.5. The van der Waals surface area contributed by atoms with Crippen LogP contribution in [-0.4, -0.2) is 38.8 Å². The van der Waals surface area contributed by atoms with Crippen LogP contribution in [0.15, 0.2) is 0 Å². The Bertz CT molecular complexity index is 432. The average Bonchev–Trinajstić information content (AvgIpc) is 2.81. The zero-order chi connectivity index (χ0) is 13.8. The molecular formula is C12H21N5O2. The van der Waals surface area contributed by atoms with E-state index in [1.54, 1.807) is 11.7 Å². The standard InChI is InChI=1S/C12H21N5O2/c1-8(2)11-9(5-4-6-19-11)12(18)13-7-10-14-15-16-17(10)3/h8-9,11H,4-7H2,1-3H3,(H,13,18). The van der Waals surface area contributed by atoms with E-state index in [2.05, 4.69) is 34.7 Å². The molecule has 1 aromatic heterocycles. The van der Waals surface area contributed by atoms with Gasteiger partial charge in [-0.15, -0.1) is 5.10 Å². The van der Waals surface area contributed by atoms with Crippen molar-refractivity contribution in [3.05, 3.63) is 5.82 Å². The summed E-state index contributed by atoms with van der Waals surface area (Å²) in [5.41, 5.74) is 0. The molecule has 1 fully saturated rings. The third-order valence-corrected chi connectivity index (χ3v) is 3.49. The Labute approximate surface area is 112 Å². The van der Waals surface area contributed by atoms with Crippen LogP contribution in [0.2, 0.25) is 0 Å². The van der Waals surface area contributed by atoms with Crippen LogP contribution in [0.1, 0.15) is 32.5 Å². The van der Waals surface area contributed by atoms with Crippen LogP contribution in [0.25, 0.3) is 0 Å². The number of nitrogens with zero attached hydrogens (tertiary/aromatic N) is 4. The number of ether oxygens (including phenoxy) is 1. The lowest BCUT2D eigenvalue weighted by atomic mass is 9.87. The van der Waals surface area contributed by atoms with Gasteiger partial charge in [-0.1, -0.05) is 13.8 Å². The van der Waals surface area contributed by atoms with E-state index in [0.717, 1.165) is 19.4 Å². The minimum absolute atomic E-state index is 0.00590. The maximum atomic E-state index is 12.3. The van der Waals surface area contributed by atoms with E-state index in [9.17, 15) is 4.79 Å². The molecule has 1 aliphatic heterocycles. The van der Waals surface area contributed by atoms with E-state index in [1.807, 2.05) is 0 Å². The van der Waals surface area contributed by atoms with E-state index >= 15 is 0 Å². The second-order valence-electron chi connectivity index (χ2n) is 5.26. The predicted molar refractivity (Wildman–Crippen MR) is 67.9 cm³/mol. The zero-order valence-corrected chi connectivity index (χ0v) is 11.7. The summed E-state index contributed by atoms with van der Waals surface area (Å²) in [7, 11) is 1.75. The highest BCUT2D eigenvalue weighted by molar-refractivity contribution is 5.79. The quantitative estimate of drug-likeness (QED) is 0.847. The van der Waals surface area contributed by atoms with Crippen LogP contribution < -0.4 is 5.32 Å². The van der Waals surface area contributed by atoms with E-state index < -0.39 is 0 Å². The van der Waals surface area contributed by atoms with Gasteiger partial charge in [-0.2, -0.15) is 0 Å². The van der Waals surface area contributed by atoms with Gasteiger partial charge in [-0.25, -0.2) is 4.68 Å². The first-order valence-corrected chi connectivity index (χ1v) is 6.70. The molecule has 0 bridgehead atoms. The Hall–Kier alpha value is -1.50. The fraction of sp³-hybridized carbons (Fsp3) is 0.833. The number of hydrogen-bond acceptors (Lipinski definition) is 5. The van der Waals surface area contributed by atoms with Crippen LogP contribution in [0, 0.1) is 11.8 Å². The SMILES string of the molecule is CC(C)C1OCCCC1C(=O)NCc1nnnn1C. The Morgan fingerprint density at radius 3 is 3.00 bits per heavy atom. The maximum Gasteiger partial charge on any atom is 0.226 e. The van der Waals surface area contributed by atoms with Crippen LogP contribution >= 0.6 is 0 Å². The molecule has 19 heavy (non-hydrogen) atoms. The first-order valence-electron chi connectivity index (χ1n) is 6.70. The van der Waals surface area contributed by atoms with Crippen molar-refractivity contribution in [2.45, 2.75) is 39.3 Å². The normalized spacial score (nSPS) is 23.6. The second kappa shape index (κ2) is 6.10. The smallest absolute Gasteiger partial charge is 0.226 e. The van der Waals surface area contributed by atoms with Crippen molar-refractivity contribution < 1.29 is 9.53 Å². The van der Waals surface area contributed by atoms with Gasteiger partial charge in [-0.05, 0) is 29.2 Å². The molecule has 0 aromatic carbocycles. The van der Waals surface area contributed by atoms with Crippen molar-refractivity contribution in [1.82, 2.24) is 25.5 Å². The van der Waals surface area contributed by atoms with Crippen LogP contribution in [0.4, 0.5) is 0 Å². The summed E-state index contributed by atoms with van der Waals surface area (Å²) in [6.45, 7) is 5.27. The highest BCUT2D eigenvalue weighted by Gasteiger charge is 2.33. The van der Waals surface area contributed by atoms with Crippen molar-refractivity contribution in [2.75, 3.05) is 6.61 Å². The summed E-state index contributed by atoms with van der Waals surface area (Å²) in [6.07, 6.45) is 1.82. The van der Waals surface area contributed by atoms with E-state index in [-0.39, 0.29) is 17.9 Å². The topological polar surface area (TPSA) is 81.9 Å². The Kier molecular flexibility index (Phi) is 4.47. The molecule has 1 saturated heterocycles. The van der Waals surface area contributed by atoms with Crippen LogP contribution in [-0.2, 0) is 23.1 Å². The summed E-state index contributed by atoms with van der Waals surface area (Å²) in [6, 6.07) is 0. The van der Waals surface area contributed by atoms with E-state index in [4.69, 9.17) is 4.74 Å². The van der Waals surface area contributed by atoms with Gasteiger partial charge < -0.3 is 10.1 Å². The molecule has 2 atom stereocenters. The number of carbonyl (C=O) groups is 1. The molecule has 1 N–H and O–H groups in total. The van der Waals surface area contributed by atoms with Crippen LogP contribution in [0.5, 0.6) is 0 Å². The van der Waals surface area contributed by atoms with Gasteiger partial charge in [0, 0.05) is 13.7 Å². The summed E-state index contributed by atoms with van der Waals surface area (Å²) in [4.78, 5) is 12.3. The molecule has 1 aliphatic rings. The monoisotopic (exact) mass is 267 g/mol. The number of carbonyl (C=O) groups excluding carboxylic acids is 1. The van der Waals surface area contributed by atoms with Crippen molar-refractivity contribution in [1.29, 1.82) is 0 Å². The second-order valence-corrected chi connectivity index (χ2v) is 5.26. The number of aryl methyl sites for hydroxylation is 1. The molecule has 2 rings (SSSR count). The molecule has 7 nitrogen and oxygen atoms in total. The van der Waals surface area contributed by atoms with Crippen molar-refractivity contribution in [3.8, 4) is 0 Å².